The fraction of sp³-hybridized carbons (Fsp3) is 0.643. The smallest absolute Gasteiger partial charge is 0.218 e. The first-order valence-corrected chi connectivity index (χ1v) is 6.60. The lowest BCUT2D eigenvalue weighted by molar-refractivity contribution is 0.0191. The first kappa shape index (κ1) is 13.3. The summed E-state index contributed by atoms with van der Waals surface area (Å²) < 4.78 is 11.4. The lowest BCUT2D eigenvalue weighted by Crippen LogP contribution is -2.30. The second kappa shape index (κ2) is 6.16. The lowest BCUT2D eigenvalue weighted by Gasteiger charge is -2.29. The molecule has 1 aliphatic rings. The molecule has 2 rings (SSSR count). The van der Waals surface area contributed by atoms with Crippen LogP contribution in [0.3, 0.4) is 0 Å². The van der Waals surface area contributed by atoms with Crippen molar-refractivity contribution < 1.29 is 9.47 Å². The summed E-state index contributed by atoms with van der Waals surface area (Å²) in [6, 6.07) is 3.81. The number of methoxy groups -OCH3 is 1. The Morgan fingerprint density at radius 3 is 2.89 bits per heavy atom. The van der Waals surface area contributed by atoms with Gasteiger partial charge in [0.1, 0.15) is 6.10 Å². The molecule has 2 N–H and O–H groups in total. The molecule has 18 heavy (non-hydrogen) atoms. The van der Waals surface area contributed by atoms with Gasteiger partial charge in [0.2, 0.25) is 5.88 Å². The molecule has 0 saturated heterocycles. The van der Waals surface area contributed by atoms with Crippen LogP contribution in [0.25, 0.3) is 0 Å². The summed E-state index contributed by atoms with van der Waals surface area (Å²) >= 11 is 0. The normalized spacial score (nSPS) is 25.7. The third kappa shape index (κ3) is 3.21. The highest BCUT2D eigenvalue weighted by Crippen LogP contribution is 2.27. The van der Waals surface area contributed by atoms with Gasteiger partial charge in [-0.3, -0.25) is 0 Å². The Morgan fingerprint density at radius 2 is 2.17 bits per heavy atom. The van der Waals surface area contributed by atoms with Gasteiger partial charge in [0.15, 0.2) is 0 Å². The molecule has 0 aromatic carbocycles. The van der Waals surface area contributed by atoms with Crippen LogP contribution in [0.2, 0.25) is 0 Å². The van der Waals surface area contributed by atoms with Crippen LogP contribution in [-0.4, -0.2) is 24.3 Å². The predicted octanol–water partition coefficient (Wildman–Crippen LogP) is 2.44. The van der Waals surface area contributed by atoms with Crippen LogP contribution in [-0.2, 0) is 4.74 Å². The van der Waals surface area contributed by atoms with E-state index in [-0.39, 0.29) is 12.1 Å². The maximum Gasteiger partial charge on any atom is 0.218 e. The van der Waals surface area contributed by atoms with Crippen molar-refractivity contribution >= 4 is 0 Å². The second-order valence-electron chi connectivity index (χ2n) is 4.95. The van der Waals surface area contributed by atoms with E-state index in [9.17, 15) is 0 Å². The van der Waals surface area contributed by atoms with Gasteiger partial charge in [-0.05, 0) is 32.3 Å². The minimum absolute atomic E-state index is 0.0597. The van der Waals surface area contributed by atoms with Gasteiger partial charge in [-0.1, -0.05) is 6.07 Å². The molecule has 3 unspecified atom stereocenters. The standard InChI is InChI=1S/C14H22N2O2/c1-10(15)13-7-4-8-16-14(13)18-12-6-3-5-11(9-12)17-2/h4,7-8,10-12H,3,5-6,9,15H2,1-2H3. The van der Waals surface area contributed by atoms with Crippen molar-refractivity contribution in [3.8, 4) is 5.88 Å². The fourth-order valence-corrected chi connectivity index (χ4v) is 2.43. The molecule has 0 radical (unpaired) electrons. The summed E-state index contributed by atoms with van der Waals surface area (Å²) in [6.07, 6.45) is 6.52. The quantitative estimate of drug-likeness (QED) is 0.891. The fourth-order valence-electron chi connectivity index (χ4n) is 2.43. The zero-order chi connectivity index (χ0) is 13.0. The minimum Gasteiger partial charge on any atom is -0.474 e. The lowest BCUT2D eigenvalue weighted by atomic mass is 9.95. The van der Waals surface area contributed by atoms with Gasteiger partial charge in [-0.15, -0.1) is 0 Å². The summed E-state index contributed by atoms with van der Waals surface area (Å²) in [5, 5.41) is 0. The Morgan fingerprint density at radius 1 is 1.39 bits per heavy atom. The number of hydrogen-bond donors (Lipinski definition) is 1. The van der Waals surface area contributed by atoms with Gasteiger partial charge in [0.25, 0.3) is 0 Å². The summed E-state index contributed by atoms with van der Waals surface area (Å²) in [5.41, 5.74) is 6.90. The molecule has 0 spiro atoms. The van der Waals surface area contributed by atoms with E-state index >= 15 is 0 Å². The second-order valence-corrected chi connectivity index (χ2v) is 4.95. The molecule has 4 nitrogen and oxygen atoms in total. The molecule has 1 aromatic rings. The average molecular weight is 250 g/mol. The molecule has 0 bridgehead atoms. The molecule has 100 valence electrons. The van der Waals surface area contributed by atoms with E-state index in [0.717, 1.165) is 31.2 Å². The van der Waals surface area contributed by atoms with Crippen LogP contribution in [0.4, 0.5) is 0 Å². The van der Waals surface area contributed by atoms with Crippen LogP contribution >= 0.6 is 0 Å². The van der Waals surface area contributed by atoms with Crippen molar-refractivity contribution in [2.45, 2.75) is 50.9 Å². The van der Waals surface area contributed by atoms with Gasteiger partial charge in [-0.25, -0.2) is 4.98 Å². The highest BCUT2D eigenvalue weighted by Gasteiger charge is 2.24. The topological polar surface area (TPSA) is 57.4 Å². The molecule has 1 aliphatic carbocycles. The van der Waals surface area contributed by atoms with Crippen molar-refractivity contribution in [2.24, 2.45) is 5.73 Å². The average Bonchev–Trinajstić information content (AvgIpc) is 2.39. The number of nitrogens with two attached hydrogens (primary N) is 1. The minimum atomic E-state index is -0.0597. The summed E-state index contributed by atoms with van der Waals surface area (Å²) in [7, 11) is 1.77. The number of hydrogen-bond acceptors (Lipinski definition) is 4. The Kier molecular flexibility index (Phi) is 4.55. The monoisotopic (exact) mass is 250 g/mol. The van der Waals surface area contributed by atoms with Crippen LogP contribution in [0.5, 0.6) is 5.88 Å². The zero-order valence-electron chi connectivity index (χ0n) is 11.1. The molecule has 3 atom stereocenters. The van der Waals surface area contributed by atoms with Crippen molar-refractivity contribution in [1.29, 1.82) is 0 Å². The highest BCUT2D eigenvalue weighted by atomic mass is 16.5. The van der Waals surface area contributed by atoms with E-state index < -0.39 is 0 Å². The zero-order valence-corrected chi connectivity index (χ0v) is 11.1. The molecule has 1 saturated carbocycles. The summed E-state index contributed by atoms with van der Waals surface area (Å²) in [5.74, 6) is 0.675. The van der Waals surface area contributed by atoms with Crippen LogP contribution < -0.4 is 10.5 Å². The van der Waals surface area contributed by atoms with Crippen LogP contribution in [0.1, 0.15) is 44.2 Å². The third-order valence-corrected chi connectivity index (χ3v) is 3.48. The predicted molar refractivity (Wildman–Crippen MR) is 70.5 cm³/mol. The van der Waals surface area contributed by atoms with Gasteiger partial charge in [0.05, 0.1) is 6.10 Å². The maximum atomic E-state index is 6.01. The first-order valence-electron chi connectivity index (χ1n) is 6.60. The van der Waals surface area contributed by atoms with Gasteiger partial charge in [0, 0.05) is 31.3 Å². The van der Waals surface area contributed by atoms with Crippen molar-refractivity contribution in [1.82, 2.24) is 4.98 Å². The Balaban J connectivity index is 2.04. The SMILES string of the molecule is COC1CCCC(Oc2ncccc2C(C)N)C1. The molecule has 1 aromatic heterocycles. The number of rotatable bonds is 4. The summed E-state index contributed by atoms with van der Waals surface area (Å²) in [6.45, 7) is 1.95. The Hall–Kier alpha value is -1.13. The number of ether oxygens (including phenoxy) is 2. The number of aromatic nitrogens is 1. The first-order chi connectivity index (χ1) is 8.70. The van der Waals surface area contributed by atoms with Crippen molar-refractivity contribution in [2.75, 3.05) is 7.11 Å². The third-order valence-electron chi connectivity index (χ3n) is 3.48. The van der Waals surface area contributed by atoms with E-state index in [2.05, 4.69) is 4.98 Å². The largest absolute Gasteiger partial charge is 0.474 e. The highest BCUT2D eigenvalue weighted by molar-refractivity contribution is 5.28. The Bertz CT molecular complexity index is 382. The molecule has 1 fully saturated rings. The molecular weight excluding hydrogens is 228 g/mol. The molecule has 4 heteroatoms. The van der Waals surface area contributed by atoms with Crippen molar-refractivity contribution in [3.63, 3.8) is 0 Å². The van der Waals surface area contributed by atoms with Gasteiger partial charge < -0.3 is 15.2 Å². The molecule has 0 aliphatic heterocycles. The van der Waals surface area contributed by atoms with Crippen molar-refractivity contribution in [3.05, 3.63) is 23.9 Å². The number of nitrogens with zero attached hydrogens (tertiary/aromatic N) is 1. The Labute approximate surface area is 108 Å². The van der Waals surface area contributed by atoms with Crippen LogP contribution in [0, 0.1) is 0 Å². The maximum absolute atomic E-state index is 6.01. The van der Waals surface area contributed by atoms with E-state index in [0.29, 0.717) is 12.0 Å². The van der Waals surface area contributed by atoms with E-state index in [1.807, 2.05) is 19.1 Å². The summed E-state index contributed by atoms with van der Waals surface area (Å²) in [4.78, 5) is 4.30. The molecular formula is C14H22N2O2. The molecule has 0 amide bonds. The van der Waals surface area contributed by atoms with E-state index in [4.69, 9.17) is 15.2 Å². The molecule has 1 heterocycles. The number of pyridine rings is 1. The van der Waals surface area contributed by atoms with Gasteiger partial charge >= 0.3 is 0 Å². The van der Waals surface area contributed by atoms with Crippen LogP contribution in [0.15, 0.2) is 18.3 Å². The van der Waals surface area contributed by atoms with E-state index in [1.54, 1.807) is 13.3 Å². The van der Waals surface area contributed by atoms with E-state index in [1.165, 1.54) is 0 Å². The van der Waals surface area contributed by atoms with Gasteiger partial charge in [-0.2, -0.15) is 0 Å².